The standard InChI is InChI=1S/C22H26ClN3O4S2/c1-14-2-7-19-16(12-14)13-20(31-19)22(28)25-24-21(27)15-8-10-26(11-9-15)32(29,30)18-5-3-17(23)4-6-18/h3-6,13-15H,2,7-12H2,1H3,(H,24,27)(H,25,28). The SMILES string of the molecule is CC1CCc2sc(C(=O)NNC(=O)C3CCN(S(=O)(=O)c4ccc(Cl)cc4)CC3)cc2C1. The van der Waals surface area contributed by atoms with Gasteiger partial charge in [0.1, 0.15) is 0 Å². The van der Waals surface area contributed by atoms with Crippen LogP contribution in [0.15, 0.2) is 35.2 Å². The third kappa shape index (κ3) is 5.01. The number of hydrogen-bond acceptors (Lipinski definition) is 5. The van der Waals surface area contributed by atoms with E-state index in [-0.39, 0.29) is 35.7 Å². The van der Waals surface area contributed by atoms with E-state index in [1.54, 1.807) is 12.1 Å². The number of rotatable bonds is 4. The molecule has 1 atom stereocenters. The maximum absolute atomic E-state index is 12.8. The zero-order chi connectivity index (χ0) is 22.9. The number of amides is 2. The molecule has 0 radical (unpaired) electrons. The highest BCUT2D eigenvalue weighted by Gasteiger charge is 2.32. The average Bonchev–Trinajstić information content (AvgIpc) is 3.21. The number of nitrogens with one attached hydrogen (secondary N) is 2. The first-order chi connectivity index (χ1) is 15.2. The fourth-order valence-corrected chi connectivity index (χ4v) is 6.91. The molecule has 2 amide bonds. The van der Waals surface area contributed by atoms with E-state index in [1.807, 2.05) is 6.07 Å². The summed E-state index contributed by atoms with van der Waals surface area (Å²) >= 11 is 7.33. The van der Waals surface area contributed by atoms with Gasteiger partial charge in [-0.25, -0.2) is 8.42 Å². The highest BCUT2D eigenvalue weighted by Crippen LogP contribution is 2.32. The zero-order valence-electron chi connectivity index (χ0n) is 17.8. The minimum absolute atomic E-state index is 0.185. The van der Waals surface area contributed by atoms with Gasteiger partial charge in [0.15, 0.2) is 0 Å². The molecule has 10 heteroatoms. The van der Waals surface area contributed by atoms with Gasteiger partial charge in [-0.3, -0.25) is 20.4 Å². The summed E-state index contributed by atoms with van der Waals surface area (Å²) in [5, 5.41) is 0.471. The second-order valence-electron chi connectivity index (χ2n) is 8.48. The van der Waals surface area contributed by atoms with Gasteiger partial charge in [-0.15, -0.1) is 11.3 Å². The Labute approximate surface area is 197 Å². The molecule has 172 valence electrons. The molecule has 4 rings (SSSR count). The average molecular weight is 496 g/mol. The summed E-state index contributed by atoms with van der Waals surface area (Å²) < 4.78 is 26.9. The minimum Gasteiger partial charge on any atom is -0.273 e. The van der Waals surface area contributed by atoms with Gasteiger partial charge in [-0.1, -0.05) is 18.5 Å². The van der Waals surface area contributed by atoms with Gasteiger partial charge < -0.3 is 0 Å². The first kappa shape index (κ1) is 23.2. The molecule has 1 aromatic carbocycles. The van der Waals surface area contributed by atoms with E-state index >= 15 is 0 Å². The first-order valence-corrected chi connectivity index (χ1v) is 13.3. The molecule has 0 bridgehead atoms. The zero-order valence-corrected chi connectivity index (χ0v) is 20.2. The van der Waals surface area contributed by atoms with Crippen LogP contribution in [0.3, 0.4) is 0 Å². The Kier molecular flexibility index (Phi) is 6.90. The Bertz CT molecular complexity index is 1110. The van der Waals surface area contributed by atoms with Crippen molar-refractivity contribution < 1.29 is 18.0 Å². The lowest BCUT2D eigenvalue weighted by molar-refractivity contribution is -0.126. The highest BCUT2D eigenvalue weighted by molar-refractivity contribution is 7.89. The van der Waals surface area contributed by atoms with Crippen molar-refractivity contribution in [1.82, 2.24) is 15.2 Å². The lowest BCUT2D eigenvalue weighted by Gasteiger charge is -2.30. The van der Waals surface area contributed by atoms with Gasteiger partial charge >= 0.3 is 0 Å². The first-order valence-electron chi connectivity index (χ1n) is 10.7. The van der Waals surface area contributed by atoms with Crippen molar-refractivity contribution in [3.63, 3.8) is 0 Å². The second-order valence-corrected chi connectivity index (χ2v) is 12.0. The largest absolute Gasteiger partial charge is 0.279 e. The molecular formula is C22H26ClN3O4S2. The van der Waals surface area contributed by atoms with Crippen LogP contribution in [-0.4, -0.2) is 37.6 Å². The monoisotopic (exact) mass is 495 g/mol. The molecular weight excluding hydrogens is 470 g/mol. The summed E-state index contributed by atoms with van der Waals surface area (Å²) in [5.74, 6) is -0.337. The number of sulfonamides is 1. The number of benzene rings is 1. The molecule has 1 fully saturated rings. The van der Waals surface area contributed by atoms with Crippen molar-refractivity contribution in [3.8, 4) is 0 Å². The fraction of sp³-hybridized carbons (Fsp3) is 0.455. The van der Waals surface area contributed by atoms with Crippen LogP contribution in [0.2, 0.25) is 5.02 Å². The molecule has 2 aromatic rings. The van der Waals surface area contributed by atoms with Crippen LogP contribution in [0.4, 0.5) is 0 Å². The summed E-state index contributed by atoms with van der Waals surface area (Å²) in [5.41, 5.74) is 6.27. The second kappa shape index (κ2) is 9.51. The summed E-state index contributed by atoms with van der Waals surface area (Å²) in [6, 6.07) is 7.98. The van der Waals surface area contributed by atoms with Gasteiger partial charge in [0.25, 0.3) is 5.91 Å². The van der Waals surface area contributed by atoms with Crippen LogP contribution in [0.25, 0.3) is 0 Å². The van der Waals surface area contributed by atoms with E-state index in [9.17, 15) is 18.0 Å². The van der Waals surface area contributed by atoms with Gasteiger partial charge in [-0.05, 0) is 73.9 Å². The Morgan fingerprint density at radius 2 is 1.78 bits per heavy atom. The number of carbonyl (C=O) groups excluding carboxylic acids is 2. The van der Waals surface area contributed by atoms with E-state index in [2.05, 4.69) is 17.8 Å². The van der Waals surface area contributed by atoms with Crippen molar-refractivity contribution in [2.45, 2.75) is 43.9 Å². The molecule has 1 aliphatic carbocycles. The Morgan fingerprint density at radius 1 is 1.09 bits per heavy atom. The smallest absolute Gasteiger partial charge is 0.273 e. The molecule has 1 unspecified atom stereocenters. The van der Waals surface area contributed by atoms with Crippen LogP contribution in [0.1, 0.15) is 46.3 Å². The number of carbonyl (C=O) groups is 2. The van der Waals surface area contributed by atoms with E-state index in [0.717, 1.165) is 19.3 Å². The van der Waals surface area contributed by atoms with Crippen molar-refractivity contribution in [1.29, 1.82) is 0 Å². The van der Waals surface area contributed by atoms with Crippen molar-refractivity contribution in [2.75, 3.05) is 13.1 Å². The van der Waals surface area contributed by atoms with Crippen LogP contribution in [0.5, 0.6) is 0 Å². The number of piperidine rings is 1. The highest BCUT2D eigenvalue weighted by atomic mass is 35.5. The summed E-state index contributed by atoms with van der Waals surface area (Å²) in [6.07, 6.45) is 3.90. The summed E-state index contributed by atoms with van der Waals surface area (Å²) in [6.45, 7) is 2.70. The molecule has 0 spiro atoms. The van der Waals surface area contributed by atoms with Crippen molar-refractivity contribution in [2.24, 2.45) is 11.8 Å². The molecule has 0 saturated carbocycles. The van der Waals surface area contributed by atoms with Crippen LogP contribution in [-0.2, 0) is 27.7 Å². The quantitative estimate of drug-likeness (QED) is 0.635. The van der Waals surface area contributed by atoms with E-state index < -0.39 is 10.0 Å². The maximum Gasteiger partial charge on any atom is 0.279 e. The molecule has 32 heavy (non-hydrogen) atoms. The molecule has 2 aliphatic rings. The lowest BCUT2D eigenvalue weighted by Crippen LogP contribution is -2.48. The van der Waals surface area contributed by atoms with Crippen LogP contribution < -0.4 is 10.9 Å². The predicted molar refractivity (Wildman–Crippen MR) is 124 cm³/mol. The third-order valence-electron chi connectivity index (χ3n) is 6.13. The maximum atomic E-state index is 12.8. The lowest BCUT2D eigenvalue weighted by atomic mass is 9.90. The van der Waals surface area contributed by atoms with Crippen molar-refractivity contribution in [3.05, 3.63) is 50.7 Å². The van der Waals surface area contributed by atoms with Crippen molar-refractivity contribution >= 4 is 44.8 Å². The van der Waals surface area contributed by atoms with Gasteiger partial charge in [0.2, 0.25) is 15.9 Å². The summed E-state index contributed by atoms with van der Waals surface area (Å²) in [7, 11) is -3.62. The number of thiophene rings is 1. The molecule has 1 aliphatic heterocycles. The topological polar surface area (TPSA) is 95.6 Å². The Morgan fingerprint density at radius 3 is 2.47 bits per heavy atom. The minimum atomic E-state index is -3.62. The van der Waals surface area contributed by atoms with E-state index in [0.29, 0.717) is 28.7 Å². The van der Waals surface area contributed by atoms with Gasteiger partial charge in [0, 0.05) is 28.9 Å². The predicted octanol–water partition coefficient (Wildman–Crippen LogP) is 3.39. The molecule has 7 nitrogen and oxygen atoms in total. The molecule has 1 saturated heterocycles. The molecule has 1 aromatic heterocycles. The number of aryl methyl sites for hydroxylation is 1. The number of hydrogen-bond donors (Lipinski definition) is 2. The van der Waals surface area contributed by atoms with E-state index in [4.69, 9.17) is 11.6 Å². The van der Waals surface area contributed by atoms with Crippen LogP contribution >= 0.6 is 22.9 Å². The fourth-order valence-electron chi connectivity index (χ4n) is 4.21. The normalized spacial score (nSPS) is 19.9. The molecule has 2 heterocycles. The Balaban J connectivity index is 1.28. The number of fused-ring (bicyclic) bond motifs is 1. The van der Waals surface area contributed by atoms with E-state index in [1.165, 1.54) is 38.2 Å². The Hall–Kier alpha value is -1.94. The number of nitrogens with zero attached hydrogens (tertiary/aromatic N) is 1. The van der Waals surface area contributed by atoms with Gasteiger partial charge in [0.05, 0.1) is 9.77 Å². The summed E-state index contributed by atoms with van der Waals surface area (Å²) in [4.78, 5) is 27.1. The number of hydrazine groups is 1. The molecule has 2 N–H and O–H groups in total. The van der Waals surface area contributed by atoms with Gasteiger partial charge in [-0.2, -0.15) is 4.31 Å². The van der Waals surface area contributed by atoms with Crippen LogP contribution in [0, 0.1) is 11.8 Å². The number of halogens is 1. The third-order valence-corrected chi connectivity index (χ3v) is 9.53.